The molecule has 0 heterocycles. The maximum atomic E-state index is 10.3. The highest BCUT2D eigenvalue weighted by molar-refractivity contribution is 8.02. The number of aliphatic hydroxyl groups is 1. The van der Waals surface area contributed by atoms with E-state index in [0.29, 0.717) is 11.1 Å². The summed E-state index contributed by atoms with van der Waals surface area (Å²) in [5.74, 6) is 2.85. The third-order valence-corrected chi connectivity index (χ3v) is 7.29. The Hall–Kier alpha value is 1.51. The molecule has 0 aliphatic heterocycles. The third kappa shape index (κ3) is 17.6. The van der Waals surface area contributed by atoms with E-state index in [-0.39, 0.29) is 4.71 Å². The van der Waals surface area contributed by atoms with E-state index in [0.717, 1.165) is 44.8 Å². The summed E-state index contributed by atoms with van der Waals surface area (Å²) in [6.07, 6.45) is 10.5. The van der Waals surface area contributed by atoms with Crippen molar-refractivity contribution in [1.29, 1.82) is 0 Å². The van der Waals surface area contributed by atoms with Gasteiger partial charge in [0.25, 0.3) is 0 Å². The number of hydrogen-bond donors (Lipinski definition) is 3. The summed E-state index contributed by atoms with van der Waals surface area (Å²) < 4.78 is -0.305. The van der Waals surface area contributed by atoms with Crippen LogP contribution < -0.4 is 10.6 Å². The Morgan fingerprint density at radius 3 is 2.15 bits per heavy atom. The molecule has 0 spiro atoms. The standard InChI is InChI=1S/C18H38Cl2N2OS3/c1-24-12-10-21-8-5-3-4-6-16(7-9-22-11-13-25-2)14-17(23)18(20)26-15-19/h16-18,21-23H,3-15H2,1-2H3. The van der Waals surface area contributed by atoms with E-state index in [2.05, 4.69) is 23.1 Å². The van der Waals surface area contributed by atoms with Gasteiger partial charge < -0.3 is 15.7 Å². The molecule has 0 aromatic heterocycles. The largest absolute Gasteiger partial charge is 0.391 e. The van der Waals surface area contributed by atoms with Crippen molar-refractivity contribution in [2.24, 2.45) is 5.92 Å². The molecule has 0 fully saturated rings. The molecule has 3 nitrogen and oxygen atoms in total. The highest BCUT2D eigenvalue weighted by Crippen LogP contribution is 2.27. The van der Waals surface area contributed by atoms with Gasteiger partial charge in [-0.3, -0.25) is 0 Å². The van der Waals surface area contributed by atoms with Crippen molar-refractivity contribution < 1.29 is 5.11 Å². The van der Waals surface area contributed by atoms with Crippen LogP contribution in [0.25, 0.3) is 0 Å². The predicted molar refractivity (Wildman–Crippen MR) is 128 cm³/mol. The van der Waals surface area contributed by atoms with Crippen molar-refractivity contribution in [3.63, 3.8) is 0 Å². The molecule has 3 unspecified atom stereocenters. The summed E-state index contributed by atoms with van der Waals surface area (Å²) in [4.78, 5) is 0. The van der Waals surface area contributed by atoms with Gasteiger partial charge in [0.15, 0.2) is 0 Å². The summed E-state index contributed by atoms with van der Waals surface area (Å²) in [6.45, 7) is 4.29. The second-order valence-corrected chi connectivity index (χ2v) is 10.8. The molecule has 3 atom stereocenters. The van der Waals surface area contributed by atoms with Crippen molar-refractivity contribution in [2.45, 2.75) is 49.3 Å². The lowest BCUT2D eigenvalue weighted by Gasteiger charge is -2.23. The molecular formula is C18H38Cl2N2OS3. The van der Waals surface area contributed by atoms with Crippen LogP contribution in [0, 0.1) is 5.92 Å². The fraction of sp³-hybridized carbons (Fsp3) is 1.00. The van der Waals surface area contributed by atoms with Gasteiger partial charge in [-0.05, 0) is 50.8 Å². The zero-order chi connectivity index (χ0) is 19.5. The van der Waals surface area contributed by atoms with Crippen molar-refractivity contribution in [3.8, 4) is 0 Å². The summed E-state index contributed by atoms with van der Waals surface area (Å²) in [5, 5.41) is 17.7. The Kier molecular flexibility index (Phi) is 22.5. The van der Waals surface area contributed by atoms with Crippen molar-refractivity contribution >= 4 is 58.5 Å². The van der Waals surface area contributed by atoms with Crippen LogP contribution in [-0.4, -0.2) is 71.3 Å². The van der Waals surface area contributed by atoms with E-state index in [1.165, 1.54) is 43.2 Å². The van der Waals surface area contributed by atoms with Crippen molar-refractivity contribution in [1.82, 2.24) is 10.6 Å². The van der Waals surface area contributed by atoms with Crippen LogP contribution in [0.5, 0.6) is 0 Å². The predicted octanol–water partition coefficient (Wildman–Crippen LogP) is 4.70. The smallest absolute Gasteiger partial charge is 0.106 e. The Morgan fingerprint density at radius 1 is 0.885 bits per heavy atom. The molecule has 0 saturated heterocycles. The van der Waals surface area contributed by atoms with Crippen LogP contribution in [0.1, 0.15) is 38.5 Å². The third-order valence-electron chi connectivity index (χ3n) is 4.26. The van der Waals surface area contributed by atoms with Gasteiger partial charge in [0, 0.05) is 24.6 Å². The molecule has 0 amide bonds. The van der Waals surface area contributed by atoms with Crippen molar-refractivity contribution in [2.75, 3.05) is 55.4 Å². The molecule has 0 saturated carbocycles. The zero-order valence-corrected chi connectivity index (χ0v) is 20.3. The number of rotatable bonds is 20. The summed E-state index contributed by atoms with van der Waals surface area (Å²) >= 11 is 17.1. The lowest BCUT2D eigenvalue weighted by molar-refractivity contribution is 0.149. The van der Waals surface area contributed by atoms with Crippen LogP contribution in [-0.2, 0) is 0 Å². The first-order valence-corrected chi connectivity index (χ1v) is 14.3. The highest BCUT2D eigenvalue weighted by Gasteiger charge is 2.21. The Morgan fingerprint density at radius 2 is 1.54 bits per heavy atom. The molecule has 0 rings (SSSR count). The number of alkyl halides is 2. The molecular weight excluding hydrogens is 427 g/mol. The number of aliphatic hydroxyl groups excluding tert-OH is 1. The SMILES string of the molecule is CSCCNCCCCCC(CCNCCSC)CC(O)C(Cl)SCCl. The molecule has 0 aliphatic carbocycles. The molecule has 0 bridgehead atoms. The molecule has 0 aromatic carbocycles. The van der Waals surface area contributed by atoms with Crippen LogP contribution in [0.2, 0.25) is 0 Å². The first-order chi connectivity index (χ1) is 12.7. The molecule has 0 aromatic rings. The van der Waals surface area contributed by atoms with Gasteiger partial charge in [-0.2, -0.15) is 23.5 Å². The quantitative estimate of drug-likeness (QED) is 0.179. The maximum Gasteiger partial charge on any atom is 0.106 e. The number of thioether (sulfide) groups is 3. The second kappa shape index (κ2) is 21.2. The van der Waals surface area contributed by atoms with E-state index < -0.39 is 6.10 Å². The maximum absolute atomic E-state index is 10.3. The minimum Gasteiger partial charge on any atom is -0.391 e. The fourth-order valence-electron chi connectivity index (χ4n) is 2.76. The van der Waals surface area contributed by atoms with E-state index in [9.17, 15) is 5.11 Å². The van der Waals surface area contributed by atoms with Gasteiger partial charge in [-0.25, -0.2) is 0 Å². The number of hydrogen-bond acceptors (Lipinski definition) is 6. The second-order valence-electron chi connectivity index (χ2n) is 6.42. The van der Waals surface area contributed by atoms with Gasteiger partial charge in [0.05, 0.1) is 11.3 Å². The summed E-state index contributed by atoms with van der Waals surface area (Å²) in [5.41, 5.74) is 0. The fourth-order valence-corrected chi connectivity index (χ4v) is 4.81. The molecule has 158 valence electrons. The normalized spacial score (nSPS) is 15.1. The number of unbranched alkanes of at least 4 members (excludes halogenated alkanes) is 2. The van der Waals surface area contributed by atoms with Gasteiger partial charge in [-0.1, -0.05) is 19.3 Å². The minimum absolute atomic E-state index is 0.305. The topological polar surface area (TPSA) is 44.3 Å². The first-order valence-electron chi connectivity index (χ1n) is 9.54. The minimum atomic E-state index is -0.482. The van der Waals surface area contributed by atoms with Gasteiger partial charge >= 0.3 is 0 Å². The Balaban J connectivity index is 4.02. The lowest BCUT2D eigenvalue weighted by atomic mass is 9.92. The average Bonchev–Trinajstić information content (AvgIpc) is 2.63. The molecule has 0 radical (unpaired) electrons. The van der Waals surface area contributed by atoms with Gasteiger partial charge in [0.2, 0.25) is 0 Å². The number of halogens is 2. The Bertz CT molecular complexity index is 295. The number of nitrogens with one attached hydrogen (secondary N) is 2. The monoisotopic (exact) mass is 464 g/mol. The molecule has 3 N–H and O–H groups in total. The van der Waals surface area contributed by atoms with Gasteiger partial charge in [-0.15, -0.1) is 35.0 Å². The van der Waals surface area contributed by atoms with Crippen LogP contribution in [0.4, 0.5) is 0 Å². The van der Waals surface area contributed by atoms with E-state index in [1.54, 1.807) is 0 Å². The highest BCUT2D eigenvalue weighted by atomic mass is 35.5. The summed E-state index contributed by atoms with van der Waals surface area (Å²) in [6, 6.07) is 0. The molecule has 8 heteroatoms. The van der Waals surface area contributed by atoms with Crippen molar-refractivity contribution in [3.05, 3.63) is 0 Å². The van der Waals surface area contributed by atoms with Crippen LogP contribution in [0.15, 0.2) is 0 Å². The van der Waals surface area contributed by atoms with E-state index in [1.807, 2.05) is 23.5 Å². The zero-order valence-electron chi connectivity index (χ0n) is 16.4. The van der Waals surface area contributed by atoms with E-state index >= 15 is 0 Å². The van der Waals surface area contributed by atoms with Crippen LogP contribution in [0.3, 0.4) is 0 Å². The molecule has 0 aliphatic rings. The van der Waals surface area contributed by atoms with E-state index in [4.69, 9.17) is 23.2 Å². The lowest BCUT2D eigenvalue weighted by Crippen LogP contribution is -2.25. The average molecular weight is 466 g/mol. The summed E-state index contributed by atoms with van der Waals surface area (Å²) in [7, 11) is 0. The van der Waals surface area contributed by atoms with Gasteiger partial charge in [0.1, 0.15) is 4.71 Å². The molecule has 26 heavy (non-hydrogen) atoms. The first kappa shape index (κ1) is 27.5. The Labute approximate surface area is 184 Å². The van der Waals surface area contributed by atoms with Crippen LogP contribution >= 0.6 is 58.5 Å².